The molecule has 0 aromatic rings. The van der Waals surface area contributed by atoms with Gasteiger partial charge in [-0.15, -0.1) is 0 Å². The second kappa shape index (κ2) is 5.80. The quantitative estimate of drug-likeness (QED) is 0.833. The highest BCUT2D eigenvalue weighted by molar-refractivity contribution is 5.78. The van der Waals surface area contributed by atoms with Crippen LogP contribution in [0.4, 0.5) is 0 Å². The van der Waals surface area contributed by atoms with Crippen LogP contribution >= 0.6 is 0 Å². The van der Waals surface area contributed by atoms with Gasteiger partial charge in [-0.1, -0.05) is 6.42 Å². The molecule has 1 heterocycles. The predicted molar refractivity (Wildman–Crippen MR) is 73.8 cm³/mol. The van der Waals surface area contributed by atoms with Crippen LogP contribution in [0.15, 0.2) is 0 Å². The van der Waals surface area contributed by atoms with E-state index in [-0.39, 0.29) is 5.91 Å². The number of hydrogen-bond donors (Lipinski definition) is 1. The molecule has 1 amide bonds. The number of amides is 1. The van der Waals surface area contributed by atoms with Crippen LogP contribution in [0.5, 0.6) is 0 Å². The van der Waals surface area contributed by atoms with E-state index in [1.54, 1.807) is 0 Å². The van der Waals surface area contributed by atoms with Gasteiger partial charge in [0.15, 0.2) is 0 Å². The molecule has 108 valence electrons. The molecule has 1 N–H and O–H groups in total. The van der Waals surface area contributed by atoms with Crippen LogP contribution in [0.1, 0.15) is 32.6 Å². The highest BCUT2D eigenvalue weighted by Crippen LogP contribution is 2.49. The number of nitrogens with zero attached hydrogens (tertiary/aromatic N) is 1. The summed E-state index contributed by atoms with van der Waals surface area (Å²) in [4.78, 5) is 14.0. The maximum absolute atomic E-state index is 12.1. The van der Waals surface area contributed by atoms with E-state index in [2.05, 4.69) is 12.2 Å². The Kier molecular flexibility index (Phi) is 4.08. The molecular formula is C15H26N2O2. The predicted octanol–water partition coefficient (Wildman–Crippen LogP) is 1.26. The Morgan fingerprint density at radius 3 is 2.74 bits per heavy atom. The Hall–Kier alpha value is -0.610. The van der Waals surface area contributed by atoms with Gasteiger partial charge < -0.3 is 15.0 Å². The first kappa shape index (κ1) is 13.4. The summed E-state index contributed by atoms with van der Waals surface area (Å²) >= 11 is 0. The number of hydrogen-bond acceptors (Lipinski definition) is 3. The van der Waals surface area contributed by atoms with Gasteiger partial charge in [0.1, 0.15) is 0 Å². The molecule has 0 aromatic carbocycles. The minimum atomic E-state index is 0.235. The van der Waals surface area contributed by atoms with Crippen molar-refractivity contribution in [2.75, 3.05) is 32.8 Å². The lowest BCUT2D eigenvalue weighted by Crippen LogP contribution is -2.47. The van der Waals surface area contributed by atoms with Crippen molar-refractivity contribution >= 4 is 5.91 Å². The maximum atomic E-state index is 12.1. The van der Waals surface area contributed by atoms with Crippen molar-refractivity contribution in [3.05, 3.63) is 0 Å². The lowest BCUT2D eigenvalue weighted by molar-refractivity contribution is -0.134. The van der Waals surface area contributed by atoms with E-state index in [0.29, 0.717) is 25.8 Å². The lowest BCUT2D eigenvalue weighted by Gasteiger charge is -2.30. The van der Waals surface area contributed by atoms with Crippen molar-refractivity contribution in [1.29, 1.82) is 0 Å². The van der Waals surface area contributed by atoms with E-state index in [1.165, 1.54) is 25.7 Å². The van der Waals surface area contributed by atoms with E-state index in [9.17, 15) is 4.79 Å². The molecule has 4 heteroatoms. The van der Waals surface area contributed by atoms with Gasteiger partial charge >= 0.3 is 0 Å². The zero-order valence-corrected chi connectivity index (χ0v) is 11.9. The summed E-state index contributed by atoms with van der Waals surface area (Å²) in [5.41, 5.74) is 0. The van der Waals surface area contributed by atoms with Crippen LogP contribution in [-0.2, 0) is 9.53 Å². The van der Waals surface area contributed by atoms with Gasteiger partial charge in [-0.05, 0) is 43.9 Å². The first-order valence-corrected chi connectivity index (χ1v) is 7.83. The average Bonchev–Trinajstić information content (AvgIpc) is 3.08. The number of nitrogens with one attached hydrogen (secondary N) is 1. The SMILES string of the molecule is CC(NCC(=O)N1CCOCC1)C1CC2CCC1C2. The molecule has 1 saturated heterocycles. The van der Waals surface area contributed by atoms with Crippen molar-refractivity contribution in [2.24, 2.45) is 17.8 Å². The van der Waals surface area contributed by atoms with Crippen LogP contribution in [0, 0.1) is 17.8 Å². The first-order chi connectivity index (χ1) is 9.24. The van der Waals surface area contributed by atoms with E-state index in [0.717, 1.165) is 30.8 Å². The van der Waals surface area contributed by atoms with Crippen molar-refractivity contribution in [2.45, 2.75) is 38.6 Å². The zero-order chi connectivity index (χ0) is 13.2. The molecule has 3 fully saturated rings. The van der Waals surface area contributed by atoms with Crippen LogP contribution in [0.3, 0.4) is 0 Å². The summed E-state index contributed by atoms with van der Waals surface area (Å²) in [5.74, 6) is 2.94. The van der Waals surface area contributed by atoms with Gasteiger partial charge in [0.25, 0.3) is 0 Å². The molecule has 3 aliphatic rings. The number of rotatable bonds is 4. The molecule has 2 aliphatic carbocycles. The fraction of sp³-hybridized carbons (Fsp3) is 0.933. The molecule has 4 nitrogen and oxygen atoms in total. The van der Waals surface area contributed by atoms with Crippen molar-refractivity contribution in [3.8, 4) is 0 Å². The molecule has 19 heavy (non-hydrogen) atoms. The van der Waals surface area contributed by atoms with Gasteiger partial charge in [0.2, 0.25) is 5.91 Å². The monoisotopic (exact) mass is 266 g/mol. The van der Waals surface area contributed by atoms with Crippen LogP contribution in [0.2, 0.25) is 0 Å². The topological polar surface area (TPSA) is 41.6 Å². The summed E-state index contributed by atoms with van der Waals surface area (Å²) < 4.78 is 5.28. The van der Waals surface area contributed by atoms with Crippen LogP contribution < -0.4 is 5.32 Å². The normalized spacial score (nSPS) is 35.6. The number of ether oxygens (including phenoxy) is 1. The van der Waals surface area contributed by atoms with Gasteiger partial charge in [0, 0.05) is 19.1 Å². The molecule has 0 radical (unpaired) electrons. The second-order valence-electron chi connectivity index (χ2n) is 6.50. The number of fused-ring (bicyclic) bond motifs is 2. The van der Waals surface area contributed by atoms with Crippen molar-refractivity contribution < 1.29 is 9.53 Å². The van der Waals surface area contributed by atoms with Crippen molar-refractivity contribution in [3.63, 3.8) is 0 Å². The molecule has 1 aliphatic heterocycles. The summed E-state index contributed by atoms with van der Waals surface area (Å²) in [6, 6.07) is 0.486. The molecule has 0 spiro atoms. The van der Waals surface area contributed by atoms with Crippen molar-refractivity contribution in [1.82, 2.24) is 10.2 Å². The maximum Gasteiger partial charge on any atom is 0.236 e. The van der Waals surface area contributed by atoms with E-state index in [1.807, 2.05) is 4.90 Å². The zero-order valence-electron chi connectivity index (χ0n) is 11.9. The third kappa shape index (κ3) is 2.95. The number of morpholine rings is 1. The summed E-state index contributed by atoms with van der Waals surface area (Å²) in [6.45, 7) is 5.64. The summed E-state index contributed by atoms with van der Waals surface area (Å²) in [6.07, 6.45) is 5.68. The highest BCUT2D eigenvalue weighted by atomic mass is 16.5. The Bertz CT molecular complexity index is 328. The largest absolute Gasteiger partial charge is 0.378 e. The Labute approximate surface area is 115 Å². The Morgan fingerprint density at radius 1 is 1.32 bits per heavy atom. The minimum absolute atomic E-state index is 0.235. The van der Waals surface area contributed by atoms with E-state index in [4.69, 9.17) is 4.74 Å². The van der Waals surface area contributed by atoms with E-state index < -0.39 is 0 Å². The fourth-order valence-electron chi connectivity index (χ4n) is 4.23. The van der Waals surface area contributed by atoms with Crippen LogP contribution in [-0.4, -0.2) is 49.7 Å². The number of carbonyl (C=O) groups is 1. The van der Waals surface area contributed by atoms with Gasteiger partial charge in [-0.25, -0.2) is 0 Å². The smallest absolute Gasteiger partial charge is 0.236 e. The molecule has 2 bridgehead atoms. The minimum Gasteiger partial charge on any atom is -0.378 e. The Morgan fingerprint density at radius 2 is 2.11 bits per heavy atom. The van der Waals surface area contributed by atoms with Gasteiger partial charge in [-0.3, -0.25) is 4.79 Å². The molecule has 3 rings (SSSR count). The second-order valence-corrected chi connectivity index (χ2v) is 6.50. The van der Waals surface area contributed by atoms with Gasteiger partial charge in [-0.2, -0.15) is 0 Å². The first-order valence-electron chi connectivity index (χ1n) is 7.83. The standard InChI is InChI=1S/C15H26N2O2/c1-11(14-9-12-2-3-13(14)8-12)16-10-15(18)17-4-6-19-7-5-17/h11-14,16H,2-10H2,1H3. The highest BCUT2D eigenvalue weighted by Gasteiger charge is 2.41. The van der Waals surface area contributed by atoms with E-state index >= 15 is 0 Å². The molecule has 4 atom stereocenters. The number of carbonyl (C=O) groups excluding carboxylic acids is 1. The third-order valence-corrected chi connectivity index (χ3v) is 5.37. The third-order valence-electron chi connectivity index (χ3n) is 5.37. The van der Waals surface area contributed by atoms with Gasteiger partial charge in [0.05, 0.1) is 19.8 Å². The molecular weight excluding hydrogens is 240 g/mol. The molecule has 0 aromatic heterocycles. The lowest BCUT2D eigenvalue weighted by atomic mass is 9.84. The summed E-state index contributed by atoms with van der Waals surface area (Å²) in [5, 5.41) is 3.47. The Balaban J connectivity index is 1.42. The average molecular weight is 266 g/mol. The van der Waals surface area contributed by atoms with Crippen LogP contribution in [0.25, 0.3) is 0 Å². The molecule has 2 saturated carbocycles. The molecule has 4 unspecified atom stereocenters. The fourth-order valence-corrected chi connectivity index (χ4v) is 4.23. The summed E-state index contributed by atoms with van der Waals surface area (Å²) in [7, 11) is 0.